The van der Waals surface area contributed by atoms with Gasteiger partial charge in [0.25, 0.3) is 0 Å². The molecule has 0 radical (unpaired) electrons. The molecule has 4 nitrogen and oxygen atoms in total. The Morgan fingerprint density at radius 3 is 2.60 bits per heavy atom. The van der Waals surface area contributed by atoms with Crippen molar-refractivity contribution in [2.75, 3.05) is 0 Å². The molecule has 2 unspecified atom stereocenters. The first-order chi connectivity index (χ1) is 9.35. The van der Waals surface area contributed by atoms with Crippen LogP contribution in [0.5, 0.6) is 0 Å². The molecular weight excluding hydrogens is 286 g/mol. The molecule has 0 amide bonds. The van der Waals surface area contributed by atoms with E-state index in [1.807, 2.05) is 6.92 Å². The van der Waals surface area contributed by atoms with Gasteiger partial charge in [-0.15, -0.1) is 0 Å². The molecule has 1 fully saturated rings. The van der Waals surface area contributed by atoms with Crippen LogP contribution in [0, 0.1) is 17.6 Å². The average Bonchev–Trinajstić information content (AvgIpc) is 2.74. The Labute approximate surface area is 117 Å². The van der Waals surface area contributed by atoms with Gasteiger partial charge in [0, 0.05) is 18.2 Å². The van der Waals surface area contributed by atoms with Crippen molar-refractivity contribution >= 4 is 10.0 Å². The number of halogens is 2. The van der Waals surface area contributed by atoms with Crippen molar-refractivity contribution in [2.24, 2.45) is 11.7 Å². The van der Waals surface area contributed by atoms with Crippen LogP contribution < -0.4 is 10.5 Å². The molecule has 1 aromatic rings. The molecular formula is C13H18F2N2O2S. The summed E-state index contributed by atoms with van der Waals surface area (Å²) in [6.07, 6.45) is 2.39. The molecule has 0 saturated heterocycles. The van der Waals surface area contributed by atoms with Crippen molar-refractivity contribution in [2.45, 2.75) is 43.7 Å². The summed E-state index contributed by atoms with van der Waals surface area (Å²) in [6, 6.07) is 1.67. The topological polar surface area (TPSA) is 72.2 Å². The highest BCUT2D eigenvalue weighted by Gasteiger charge is 2.29. The van der Waals surface area contributed by atoms with E-state index in [0.29, 0.717) is 5.92 Å². The number of sulfonamides is 1. The molecule has 0 aliphatic heterocycles. The Balaban J connectivity index is 2.30. The summed E-state index contributed by atoms with van der Waals surface area (Å²) in [5, 5.41) is 0. The summed E-state index contributed by atoms with van der Waals surface area (Å²) >= 11 is 0. The number of hydrogen-bond acceptors (Lipinski definition) is 3. The lowest BCUT2D eigenvalue weighted by Gasteiger charge is -2.14. The van der Waals surface area contributed by atoms with Crippen LogP contribution >= 0.6 is 0 Å². The fraction of sp³-hybridized carbons (Fsp3) is 0.538. The van der Waals surface area contributed by atoms with Gasteiger partial charge in [-0.25, -0.2) is 21.9 Å². The number of nitrogens with one attached hydrogen (secondary N) is 1. The van der Waals surface area contributed by atoms with E-state index < -0.39 is 32.1 Å². The Bertz CT molecular complexity index is 605. The molecule has 3 N–H and O–H groups in total. The van der Waals surface area contributed by atoms with Gasteiger partial charge in [0.2, 0.25) is 10.0 Å². The first kappa shape index (κ1) is 15.3. The third-order valence-corrected chi connectivity index (χ3v) is 5.20. The normalized spacial score (nSPS) is 23.2. The minimum Gasteiger partial charge on any atom is -0.326 e. The SMILES string of the molecule is CC1CCC(NS(=O)(=O)c2ccc(F)c(CN)c2F)C1. The highest BCUT2D eigenvalue weighted by Crippen LogP contribution is 2.27. The van der Waals surface area contributed by atoms with E-state index in [0.717, 1.165) is 31.4 Å². The Morgan fingerprint density at radius 1 is 1.35 bits per heavy atom. The zero-order valence-electron chi connectivity index (χ0n) is 11.2. The second-order valence-electron chi connectivity index (χ2n) is 5.28. The zero-order valence-corrected chi connectivity index (χ0v) is 12.0. The number of benzene rings is 1. The first-order valence-electron chi connectivity index (χ1n) is 6.54. The highest BCUT2D eigenvalue weighted by molar-refractivity contribution is 7.89. The molecule has 1 saturated carbocycles. The van der Waals surface area contributed by atoms with Crippen LogP contribution in [-0.2, 0) is 16.6 Å². The van der Waals surface area contributed by atoms with Crippen LogP contribution in [0.1, 0.15) is 31.7 Å². The van der Waals surface area contributed by atoms with Crippen molar-refractivity contribution in [3.05, 3.63) is 29.3 Å². The van der Waals surface area contributed by atoms with Crippen molar-refractivity contribution in [1.82, 2.24) is 4.72 Å². The molecule has 1 aromatic carbocycles. The second-order valence-corrected chi connectivity index (χ2v) is 6.96. The maximum Gasteiger partial charge on any atom is 0.243 e. The zero-order chi connectivity index (χ0) is 14.9. The lowest BCUT2D eigenvalue weighted by Crippen LogP contribution is -2.33. The summed E-state index contributed by atoms with van der Waals surface area (Å²) < 4.78 is 54.2. The lowest BCUT2D eigenvalue weighted by molar-refractivity contribution is 0.513. The van der Waals surface area contributed by atoms with E-state index in [-0.39, 0.29) is 12.6 Å². The van der Waals surface area contributed by atoms with Crippen molar-refractivity contribution < 1.29 is 17.2 Å². The number of hydrogen-bond donors (Lipinski definition) is 2. The molecule has 2 rings (SSSR count). The van der Waals surface area contributed by atoms with Gasteiger partial charge in [-0.2, -0.15) is 0 Å². The van der Waals surface area contributed by atoms with Crippen LogP contribution in [0.3, 0.4) is 0 Å². The van der Waals surface area contributed by atoms with Crippen molar-refractivity contribution in [3.63, 3.8) is 0 Å². The lowest BCUT2D eigenvalue weighted by atomic mass is 10.1. The van der Waals surface area contributed by atoms with Gasteiger partial charge in [0.05, 0.1) is 0 Å². The molecule has 7 heteroatoms. The fourth-order valence-corrected chi connectivity index (χ4v) is 3.95. The third-order valence-electron chi connectivity index (χ3n) is 3.66. The van der Waals surface area contributed by atoms with Gasteiger partial charge >= 0.3 is 0 Å². The minimum atomic E-state index is -3.99. The summed E-state index contributed by atoms with van der Waals surface area (Å²) in [5.41, 5.74) is 4.84. The van der Waals surface area contributed by atoms with Gasteiger partial charge < -0.3 is 5.73 Å². The third kappa shape index (κ3) is 2.99. The van der Waals surface area contributed by atoms with Gasteiger partial charge in [0.15, 0.2) is 5.82 Å². The Kier molecular flexibility index (Phi) is 4.41. The molecule has 20 heavy (non-hydrogen) atoms. The van der Waals surface area contributed by atoms with Gasteiger partial charge in [0.1, 0.15) is 10.7 Å². The van der Waals surface area contributed by atoms with Crippen molar-refractivity contribution in [1.29, 1.82) is 0 Å². The maximum atomic E-state index is 14.0. The van der Waals surface area contributed by atoms with E-state index in [9.17, 15) is 17.2 Å². The highest BCUT2D eigenvalue weighted by atomic mass is 32.2. The van der Waals surface area contributed by atoms with Crippen molar-refractivity contribution in [3.8, 4) is 0 Å². The number of rotatable bonds is 4. The van der Waals surface area contributed by atoms with Crippen LogP contribution in [0.4, 0.5) is 8.78 Å². The molecule has 0 aromatic heterocycles. The molecule has 0 heterocycles. The monoisotopic (exact) mass is 304 g/mol. The molecule has 2 atom stereocenters. The van der Waals surface area contributed by atoms with Crippen LogP contribution in [0.2, 0.25) is 0 Å². The molecule has 1 aliphatic carbocycles. The van der Waals surface area contributed by atoms with E-state index >= 15 is 0 Å². The van der Waals surface area contributed by atoms with Crippen LogP contribution in [-0.4, -0.2) is 14.5 Å². The molecule has 0 bridgehead atoms. The second kappa shape index (κ2) is 5.75. The molecule has 0 spiro atoms. The first-order valence-corrected chi connectivity index (χ1v) is 8.02. The largest absolute Gasteiger partial charge is 0.326 e. The Hall–Kier alpha value is -1.05. The predicted octanol–water partition coefficient (Wildman–Crippen LogP) is 1.89. The molecule has 1 aliphatic rings. The Morgan fingerprint density at radius 2 is 2.05 bits per heavy atom. The smallest absolute Gasteiger partial charge is 0.243 e. The fourth-order valence-electron chi connectivity index (χ4n) is 2.57. The van der Waals surface area contributed by atoms with E-state index in [4.69, 9.17) is 5.73 Å². The van der Waals surface area contributed by atoms with E-state index in [1.54, 1.807) is 0 Å². The van der Waals surface area contributed by atoms with Crippen LogP contribution in [0.25, 0.3) is 0 Å². The van der Waals surface area contributed by atoms with E-state index in [1.165, 1.54) is 0 Å². The predicted molar refractivity (Wildman–Crippen MR) is 71.4 cm³/mol. The van der Waals surface area contributed by atoms with Gasteiger partial charge in [-0.1, -0.05) is 6.92 Å². The van der Waals surface area contributed by atoms with Crippen LogP contribution in [0.15, 0.2) is 17.0 Å². The minimum absolute atomic E-state index is 0.194. The maximum absolute atomic E-state index is 14.0. The van der Waals surface area contributed by atoms with E-state index in [2.05, 4.69) is 4.72 Å². The quantitative estimate of drug-likeness (QED) is 0.892. The summed E-state index contributed by atoms with van der Waals surface area (Å²) in [5.74, 6) is -1.50. The summed E-state index contributed by atoms with van der Waals surface area (Å²) in [4.78, 5) is -0.543. The standard InChI is InChI=1S/C13H18F2N2O2S/c1-8-2-3-9(6-8)17-20(18,19)12-5-4-11(14)10(7-16)13(12)15/h4-5,8-9,17H,2-3,6-7,16H2,1H3. The average molecular weight is 304 g/mol. The molecule has 112 valence electrons. The summed E-state index contributed by atoms with van der Waals surface area (Å²) in [6.45, 7) is 1.65. The van der Waals surface area contributed by atoms with Gasteiger partial charge in [-0.05, 0) is 37.3 Å². The van der Waals surface area contributed by atoms with Gasteiger partial charge in [-0.3, -0.25) is 0 Å². The summed E-state index contributed by atoms with van der Waals surface area (Å²) in [7, 11) is -3.99. The number of nitrogens with two attached hydrogens (primary N) is 1.